The highest BCUT2D eigenvalue weighted by Gasteiger charge is 2.37. The number of halogens is 1. The molecule has 1 unspecified atom stereocenters. The number of rotatable bonds is 3. The van der Waals surface area contributed by atoms with Gasteiger partial charge in [-0.25, -0.2) is 0 Å². The van der Waals surface area contributed by atoms with Crippen molar-refractivity contribution < 1.29 is 9.59 Å². The molecule has 0 spiro atoms. The van der Waals surface area contributed by atoms with Gasteiger partial charge in [0.05, 0.1) is 0 Å². The van der Waals surface area contributed by atoms with Gasteiger partial charge in [0.15, 0.2) is 0 Å². The first-order chi connectivity index (χ1) is 11.5. The zero-order chi connectivity index (χ0) is 17.3. The van der Waals surface area contributed by atoms with Crippen molar-refractivity contribution in [3.05, 3.63) is 58.6 Å². The van der Waals surface area contributed by atoms with Crippen LogP contribution in [0.25, 0.3) is 0 Å². The van der Waals surface area contributed by atoms with Gasteiger partial charge in [0, 0.05) is 22.8 Å². The summed E-state index contributed by atoms with van der Waals surface area (Å²) in [6.45, 7) is 3.89. The van der Waals surface area contributed by atoms with E-state index in [4.69, 9.17) is 11.6 Å². The van der Waals surface area contributed by atoms with Crippen molar-refractivity contribution in [1.82, 2.24) is 0 Å². The van der Waals surface area contributed by atoms with Crippen LogP contribution in [0.5, 0.6) is 0 Å². The van der Waals surface area contributed by atoms with Crippen molar-refractivity contribution in [1.29, 1.82) is 0 Å². The minimum Gasteiger partial charge on any atom is -0.324 e. The van der Waals surface area contributed by atoms with E-state index in [1.807, 2.05) is 50.2 Å². The molecule has 0 aromatic heterocycles. The van der Waals surface area contributed by atoms with Crippen molar-refractivity contribution in [3.63, 3.8) is 0 Å². The van der Waals surface area contributed by atoms with E-state index >= 15 is 0 Å². The Kier molecular flexibility index (Phi) is 4.58. The van der Waals surface area contributed by atoms with Crippen LogP contribution in [0.4, 0.5) is 11.4 Å². The molecule has 24 heavy (non-hydrogen) atoms. The fourth-order valence-corrected chi connectivity index (χ4v) is 3.04. The quantitative estimate of drug-likeness (QED) is 0.913. The summed E-state index contributed by atoms with van der Waals surface area (Å²) >= 11 is 6.10. The Hall–Kier alpha value is -2.33. The lowest BCUT2D eigenvalue weighted by atomic mass is 10.1. The number of hydrogen-bond donors (Lipinski definition) is 1. The maximum atomic E-state index is 12.7. The van der Waals surface area contributed by atoms with Gasteiger partial charge in [-0.05, 0) is 50.1 Å². The zero-order valence-corrected chi connectivity index (χ0v) is 14.4. The molecule has 0 bridgehead atoms. The number of benzene rings is 2. The van der Waals surface area contributed by atoms with E-state index in [2.05, 4.69) is 5.32 Å². The van der Waals surface area contributed by atoms with Crippen molar-refractivity contribution in [2.75, 3.05) is 10.2 Å². The van der Waals surface area contributed by atoms with Crippen LogP contribution in [0.15, 0.2) is 42.5 Å². The third kappa shape index (κ3) is 3.29. The summed E-state index contributed by atoms with van der Waals surface area (Å²) in [5, 5.41) is 3.47. The Bertz CT molecular complexity index is 786. The Morgan fingerprint density at radius 2 is 1.88 bits per heavy atom. The Balaban J connectivity index is 1.81. The van der Waals surface area contributed by atoms with Gasteiger partial charge >= 0.3 is 0 Å². The molecule has 2 amide bonds. The first kappa shape index (κ1) is 16.5. The molecule has 1 fully saturated rings. The summed E-state index contributed by atoms with van der Waals surface area (Å²) in [5.41, 5.74) is 3.46. The van der Waals surface area contributed by atoms with Crippen molar-refractivity contribution in [2.45, 2.75) is 32.7 Å². The van der Waals surface area contributed by atoms with Crippen LogP contribution in [-0.4, -0.2) is 17.9 Å². The Labute approximate surface area is 146 Å². The van der Waals surface area contributed by atoms with Crippen LogP contribution in [0, 0.1) is 13.8 Å². The average Bonchev–Trinajstić information content (AvgIpc) is 2.93. The predicted molar refractivity (Wildman–Crippen MR) is 96.5 cm³/mol. The number of nitrogens with zero attached hydrogens (tertiary/aromatic N) is 1. The molecule has 1 atom stereocenters. The molecular formula is C19H19ClN2O2. The molecule has 0 radical (unpaired) electrons. The van der Waals surface area contributed by atoms with E-state index in [1.165, 1.54) is 0 Å². The molecule has 4 nitrogen and oxygen atoms in total. The highest BCUT2D eigenvalue weighted by molar-refractivity contribution is 6.31. The van der Waals surface area contributed by atoms with E-state index < -0.39 is 6.04 Å². The minimum absolute atomic E-state index is 0.0269. The summed E-state index contributed by atoms with van der Waals surface area (Å²) in [4.78, 5) is 26.5. The first-order valence-electron chi connectivity index (χ1n) is 7.91. The van der Waals surface area contributed by atoms with Crippen LogP contribution >= 0.6 is 11.6 Å². The Morgan fingerprint density at radius 1 is 1.17 bits per heavy atom. The van der Waals surface area contributed by atoms with Gasteiger partial charge in [0.25, 0.3) is 0 Å². The smallest absolute Gasteiger partial charge is 0.247 e. The molecule has 1 N–H and O–H groups in total. The second-order valence-corrected chi connectivity index (χ2v) is 6.51. The fourth-order valence-electron chi connectivity index (χ4n) is 2.86. The monoisotopic (exact) mass is 342 g/mol. The standard InChI is InChI=1S/C19H19ClN2O2/c1-12-3-7-15(8-4-12)22-17(9-10-18(22)23)19(24)21-14-6-5-13(2)16(20)11-14/h3-8,11,17H,9-10H2,1-2H3,(H,21,24). The lowest BCUT2D eigenvalue weighted by Gasteiger charge is -2.24. The number of hydrogen-bond acceptors (Lipinski definition) is 2. The van der Waals surface area contributed by atoms with Crippen LogP contribution in [0.3, 0.4) is 0 Å². The third-order valence-corrected chi connectivity index (χ3v) is 4.67. The van der Waals surface area contributed by atoms with Crippen molar-refractivity contribution >= 4 is 34.8 Å². The molecule has 0 aliphatic carbocycles. The molecule has 124 valence electrons. The number of aryl methyl sites for hydroxylation is 2. The maximum Gasteiger partial charge on any atom is 0.247 e. The zero-order valence-electron chi connectivity index (χ0n) is 13.7. The number of anilines is 2. The van der Waals surface area contributed by atoms with Crippen LogP contribution in [0.2, 0.25) is 5.02 Å². The lowest BCUT2D eigenvalue weighted by Crippen LogP contribution is -2.41. The van der Waals surface area contributed by atoms with Gasteiger partial charge in [-0.15, -0.1) is 0 Å². The largest absolute Gasteiger partial charge is 0.324 e. The van der Waals surface area contributed by atoms with Gasteiger partial charge in [0.2, 0.25) is 11.8 Å². The van der Waals surface area contributed by atoms with E-state index in [1.54, 1.807) is 11.0 Å². The van der Waals surface area contributed by atoms with Crippen LogP contribution < -0.4 is 10.2 Å². The predicted octanol–water partition coefficient (Wildman–Crippen LogP) is 4.09. The minimum atomic E-state index is -0.500. The summed E-state index contributed by atoms with van der Waals surface area (Å²) in [6.07, 6.45) is 0.888. The molecule has 1 aliphatic heterocycles. The topological polar surface area (TPSA) is 49.4 Å². The lowest BCUT2D eigenvalue weighted by molar-refractivity contribution is -0.120. The van der Waals surface area contributed by atoms with E-state index in [0.717, 1.165) is 16.8 Å². The summed E-state index contributed by atoms with van der Waals surface area (Å²) in [5.74, 6) is -0.220. The number of carbonyl (C=O) groups excluding carboxylic acids is 2. The maximum absolute atomic E-state index is 12.7. The van der Waals surface area contributed by atoms with Gasteiger partial charge in [-0.3, -0.25) is 14.5 Å². The van der Waals surface area contributed by atoms with Gasteiger partial charge in [0.1, 0.15) is 6.04 Å². The molecule has 1 heterocycles. The SMILES string of the molecule is Cc1ccc(N2C(=O)CCC2C(=O)Nc2ccc(C)c(Cl)c2)cc1. The number of amides is 2. The average molecular weight is 343 g/mol. The first-order valence-corrected chi connectivity index (χ1v) is 8.29. The van der Waals surface area contributed by atoms with E-state index in [0.29, 0.717) is 23.6 Å². The van der Waals surface area contributed by atoms with Crippen molar-refractivity contribution in [2.24, 2.45) is 0 Å². The molecule has 0 saturated carbocycles. The van der Waals surface area contributed by atoms with Crippen LogP contribution in [-0.2, 0) is 9.59 Å². The van der Waals surface area contributed by atoms with Gasteiger partial charge in [-0.1, -0.05) is 35.4 Å². The fraction of sp³-hybridized carbons (Fsp3) is 0.263. The normalized spacial score (nSPS) is 17.2. The highest BCUT2D eigenvalue weighted by atomic mass is 35.5. The molecular weight excluding hydrogens is 324 g/mol. The van der Waals surface area contributed by atoms with Gasteiger partial charge < -0.3 is 5.32 Å². The van der Waals surface area contributed by atoms with E-state index in [-0.39, 0.29) is 11.8 Å². The summed E-state index contributed by atoms with van der Waals surface area (Å²) in [7, 11) is 0. The molecule has 2 aromatic carbocycles. The molecule has 5 heteroatoms. The third-order valence-electron chi connectivity index (χ3n) is 4.27. The molecule has 3 rings (SSSR count). The highest BCUT2D eigenvalue weighted by Crippen LogP contribution is 2.28. The molecule has 2 aromatic rings. The van der Waals surface area contributed by atoms with Crippen molar-refractivity contribution in [3.8, 4) is 0 Å². The summed E-state index contributed by atoms with van der Waals surface area (Å²) in [6, 6.07) is 12.5. The van der Waals surface area contributed by atoms with E-state index in [9.17, 15) is 9.59 Å². The van der Waals surface area contributed by atoms with Crippen LogP contribution in [0.1, 0.15) is 24.0 Å². The second-order valence-electron chi connectivity index (χ2n) is 6.11. The second kappa shape index (κ2) is 6.65. The number of carbonyl (C=O) groups is 2. The van der Waals surface area contributed by atoms with Gasteiger partial charge in [-0.2, -0.15) is 0 Å². The summed E-state index contributed by atoms with van der Waals surface area (Å²) < 4.78 is 0. The molecule has 1 aliphatic rings. The number of nitrogens with one attached hydrogen (secondary N) is 1. The Morgan fingerprint density at radius 3 is 2.54 bits per heavy atom. The molecule has 1 saturated heterocycles.